The molecule has 13 heavy (non-hydrogen) atoms. The Morgan fingerprint density at radius 1 is 1.46 bits per heavy atom. The van der Waals surface area contributed by atoms with Crippen LogP contribution < -0.4 is 5.11 Å². The van der Waals surface area contributed by atoms with E-state index in [1.165, 1.54) is 24.3 Å². The highest BCUT2D eigenvalue weighted by Gasteiger charge is 2.04. The number of non-ortho nitro benzene ring substituents is 1. The molecule has 0 aliphatic carbocycles. The Labute approximate surface area is 73.8 Å². The normalized spacial score (nSPS) is 9.54. The van der Waals surface area contributed by atoms with Gasteiger partial charge in [-0.3, -0.25) is 10.1 Å². The molecular weight excluding hydrogens is 174 g/mol. The number of carboxylic acids is 1. The van der Waals surface area contributed by atoms with Crippen LogP contribution in [0.15, 0.2) is 24.3 Å². The van der Waals surface area contributed by atoms with E-state index in [9.17, 15) is 20.0 Å². The molecule has 0 saturated heterocycles. The second-order valence-electron chi connectivity index (χ2n) is 2.48. The van der Waals surface area contributed by atoms with E-state index in [0.717, 1.165) is 0 Å². The van der Waals surface area contributed by atoms with Gasteiger partial charge in [0.1, 0.15) is 0 Å². The fraction of sp³-hybridized carbons (Fsp3) is 0.125. The lowest BCUT2D eigenvalue weighted by Crippen LogP contribution is -2.24. The number of nitro benzene ring substituents is 1. The van der Waals surface area contributed by atoms with E-state index >= 15 is 0 Å². The quantitative estimate of drug-likeness (QED) is 0.479. The molecule has 0 spiro atoms. The van der Waals surface area contributed by atoms with Crippen LogP contribution in [0.5, 0.6) is 0 Å². The lowest BCUT2D eigenvalue weighted by molar-refractivity contribution is -0.384. The van der Waals surface area contributed by atoms with Crippen molar-refractivity contribution in [1.82, 2.24) is 0 Å². The molecule has 1 aromatic carbocycles. The first-order valence-electron chi connectivity index (χ1n) is 3.53. The minimum Gasteiger partial charge on any atom is -0.550 e. The number of hydrogen-bond acceptors (Lipinski definition) is 4. The SMILES string of the molecule is O=C([O-])Cc1cccc([N+](=O)[O-])c1. The van der Waals surface area contributed by atoms with Gasteiger partial charge in [-0.25, -0.2) is 0 Å². The minimum absolute atomic E-state index is 0.112. The molecule has 68 valence electrons. The first-order chi connectivity index (χ1) is 6.09. The van der Waals surface area contributed by atoms with Crippen LogP contribution in [0.3, 0.4) is 0 Å². The summed E-state index contributed by atoms with van der Waals surface area (Å²) in [4.78, 5) is 19.9. The monoisotopic (exact) mass is 180 g/mol. The van der Waals surface area contributed by atoms with Gasteiger partial charge in [0, 0.05) is 24.5 Å². The predicted octanol–water partition coefficient (Wildman–Crippen LogP) is -0.113. The van der Waals surface area contributed by atoms with Crippen LogP contribution in [0.1, 0.15) is 5.56 Å². The molecule has 0 atom stereocenters. The van der Waals surface area contributed by atoms with Gasteiger partial charge in [0.05, 0.1) is 4.92 Å². The Kier molecular flexibility index (Phi) is 2.59. The first kappa shape index (κ1) is 9.18. The number of benzene rings is 1. The maximum atomic E-state index is 10.3. The number of aliphatic carboxylic acids is 1. The molecule has 0 aliphatic rings. The Morgan fingerprint density at radius 3 is 2.69 bits per heavy atom. The summed E-state index contributed by atoms with van der Waals surface area (Å²) in [5.41, 5.74) is 0.257. The summed E-state index contributed by atoms with van der Waals surface area (Å²) < 4.78 is 0. The van der Waals surface area contributed by atoms with Crippen LogP contribution in [-0.4, -0.2) is 10.9 Å². The fourth-order valence-electron chi connectivity index (χ4n) is 0.947. The van der Waals surface area contributed by atoms with Crippen molar-refractivity contribution in [3.63, 3.8) is 0 Å². The molecular formula is C8H6NO4-. The van der Waals surface area contributed by atoms with Gasteiger partial charge in [0.15, 0.2) is 0 Å². The Hall–Kier alpha value is -1.91. The van der Waals surface area contributed by atoms with Gasteiger partial charge in [-0.2, -0.15) is 0 Å². The lowest BCUT2D eigenvalue weighted by atomic mass is 10.1. The standard InChI is InChI=1S/C8H7NO4/c10-8(11)5-6-2-1-3-7(4-6)9(12)13/h1-4H,5H2,(H,10,11)/p-1. The van der Waals surface area contributed by atoms with E-state index in [1.807, 2.05) is 0 Å². The zero-order chi connectivity index (χ0) is 9.84. The molecule has 0 unspecified atom stereocenters. The van der Waals surface area contributed by atoms with Gasteiger partial charge in [-0.1, -0.05) is 12.1 Å². The van der Waals surface area contributed by atoms with Crippen molar-refractivity contribution in [3.8, 4) is 0 Å². The van der Waals surface area contributed by atoms with Crippen LogP contribution in [-0.2, 0) is 11.2 Å². The number of rotatable bonds is 3. The molecule has 0 saturated carbocycles. The summed E-state index contributed by atoms with van der Waals surface area (Å²) in [6, 6.07) is 5.47. The molecule has 1 aromatic rings. The van der Waals surface area contributed by atoms with Crippen molar-refractivity contribution in [1.29, 1.82) is 0 Å². The van der Waals surface area contributed by atoms with E-state index in [2.05, 4.69) is 0 Å². The van der Waals surface area contributed by atoms with Gasteiger partial charge in [-0.15, -0.1) is 0 Å². The Morgan fingerprint density at radius 2 is 2.15 bits per heavy atom. The van der Waals surface area contributed by atoms with Crippen LogP contribution in [0.2, 0.25) is 0 Å². The van der Waals surface area contributed by atoms with Crippen molar-refractivity contribution < 1.29 is 14.8 Å². The summed E-state index contributed by atoms with van der Waals surface area (Å²) in [6.07, 6.45) is -0.304. The van der Waals surface area contributed by atoms with Crippen LogP contribution in [0.25, 0.3) is 0 Å². The number of nitrogens with zero attached hydrogens (tertiary/aromatic N) is 1. The van der Waals surface area contributed by atoms with Crippen molar-refractivity contribution in [3.05, 3.63) is 39.9 Å². The lowest BCUT2D eigenvalue weighted by Gasteiger charge is -2.01. The zero-order valence-electron chi connectivity index (χ0n) is 6.60. The highest BCUT2D eigenvalue weighted by atomic mass is 16.6. The van der Waals surface area contributed by atoms with E-state index < -0.39 is 10.9 Å². The molecule has 0 amide bonds. The van der Waals surface area contributed by atoms with Crippen LogP contribution in [0.4, 0.5) is 5.69 Å². The molecule has 5 nitrogen and oxygen atoms in total. The molecule has 0 fully saturated rings. The largest absolute Gasteiger partial charge is 0.550 e. The summed E-state index contributed by atoms with van der Waals surface area (Å²) in [6.45, 7) is 0. The first-order valence-corrected chi connectivity index (χ1v) is 3.53. The average Bonchev–Trinajstić information content (AvgIpc) is 2.03. The third-order valence-corrected chi connectivity index (χ3v) is 1.47. The highest BCUT2D eigenvalue weighted by molar-refractivity contribution is 5.68. The molecule has 0 heterocycles. The molecule has 5 heteroatoms. The number of nitro groups is 1. The third kappa shape index (κ3) is 2.55. The Balaban J connectivity index is 2.91. The zero-order valence-corrected chi connectivity index (χ0v) is 6.60. The summed E-state index contributed by atoms with van der Waals surface area (Å²) in [5.74, 6) is -1.25. The van der Waals surface area contributed by atoms with Gasteiger partial charge in [0.2, 0.25) is 0 Å². The second kappa shape index (κ2) is 3.66. The van der Waals surface area contributed by atoms with Crippen LogP contribution in [0, 0.1) is 10.1 Å². The fourth-order valence-corrected chi connectivity index (χ4v) is 0.947. The van der Waals surface area contributed by atoms with Crippen molar-refractivity contribution in [2.24, 2.45) is 0 Å². The van der Waals surface area contributed by atoms with Crippen molar-refractivity contribution >= 4 is 11.7 Å². The number of carbonyl (C=O) groups excluding carboxylic acids is 1. The van der Waals surface area contributed by atoms with Crippen molar-refractivity contribution in [2.75, 3.05) is 0 Å². The number of carbonyl (C=O) groups is 1. The van der Waals surface area contributed by atoms with E-state index in [1.54, 1.807) is 0 Å². The van der Waals surface area contributed by atoms with E-state index in [-0.39, 0.29) is 12.1 Å². The predicted molar refractivity (Wildman–Crippen MR) is 41.8 cm³/mol. The van der Waals surface area contributed by atoms with Gasteiger partial charge >= 0.3 is 0 Å². The maximum absolute atomic E-state index is 10.3. The third-order valence-electron chi connectivity index (χ3n) is 1.47. The van der Waals surface area contributed by atoms with E-state index in [4.69, 9.17) is 0 Å². The number of hydrogen-bond donors (Lipinski definition) is 0. The van der Waals surface area contributed by atoms with Gasteiger partial charge in [0.25, 0.3) is 5.69 Å². The molecule has 0 bridgehead atoms. The Bertz CT molecular complexity index is 348. The van der Waals surface area contributed by atoms with Crippen molar-refractivity contribution in [2.45, 2.75) is 6.42 Å². The topological polar surface area (TPSA) is 83.3 Å². The average molecular weight is 180 g/mol. The molecule has 0 N–H and O–H groups in total. The number of carboxylic acid groups (broad SMARTS) is 1. The molecule has 0 aliphatic heterocycles. The molecule has 0 aromatic heterocycles. The second-order valence-corrected chi connectivity index (χ2v) is 2.48. The summed E-state index contributed by atoms with van der Waals surface area (Å²) >= 11 is 0. The summed E-state index contributed by atoms with van der Waals surface area (Å²) in [5, 5.41) is 20.5. The summed E-state index contributed by atoms with van der Waals surface area (Å²) in [7, 11) is 0. The van der Waals surface area contributed by atoms with Gasteiger partial charge < -0.3 is 9.90 Å². The molecule has 1 rings (SSSR count). The highest BCUT2D eigenvalue weighted by Crippen LogP contribution is 2.12. The van der Waals surface area contributed by atoms with E-state index in [0.29, 0.717) is 5.56 Å². The van der Waals surface area contributed by atoms with Gasteiger partial charge in [-0.05, 0) is 5.56 Å². The molecule has 0 radical (unpaired) electrons. The van der Waals surface area contributed by atoms with Crippen LogP contribution >= 0.6 is 0 Å². The minimum atomic E-state index is -1.25. The maximum Gasteiger partial charge on any atom is 0.269 e. The smallest absolute Gasteiger partial charge is 0.269 e.